The van der Waals surface area contributed by atoms with E-state index in [0.29, 0.717) is 22.4 Å². The van der Waals surface area contributed by atoms with Crippen LogP contribution in [0.1, 0.15) is 11.1 Å². The Morgan fingerprint density at radius 2 is 1.56 bits per heavy atom. The molecular formula is C20H14BrCl2NO. The molecule has 0 unspecified atom stereocenters. The maximum Gasteiger partial charge on any atom is 0.157 e. The molecule has 0 aliphatic rings. The third-order valence-electron chi connectivity index (χ3n) is 3.44. The van der Waals surface area contributed by atoms with Gasteiger partial charge in [-0.25, -0.2) is 0 Å². The topological polar surface area (TPSA) is 21.6 Å². The van der Waals surface area contributed by atoms with Gasteiger partial charge in [-0.1, -0.05) is 69.5 Å². The van der Waals surface area contributed by atoms with Crippen LogP contribution in [-0.4, -0.2) is 6.21 Å². The lowest BCUT2D eigenvalue weighted by molar-refractivity contribution is 0.306. The first kappa shape index (κ1) is 18.0. The average Bonchev–Trinajstić information content (AvgIpc) is 2.62. The lowest BCUT2D eigenvalue weighted by Gasteiger charge is -2.11. The van der Waals surface area contributed by atoms with Gasteiger partial charge in [-0.2, -0.15) is 0 Å². The summed E-state index contributed by atoms with van der Waals surface area (Å²) in [5.41, 5.74) is 2.71. The van der Waals surface area contributed by atoms with Crippen LogP contribution in [0.25, 0.3) is 0 Å². The highest BCUT2D eigenvalue weighted by Gasteiger charge is 2.09. The molecule has 5 heteroatoms. The molecule has 0 radical (unpaired) electrons. The highest BCUT2D eigenvalue weighted by molar-refractivity contribution is 9.10. The summed E-state index contributed by atoms with van der Waals surface area (Å²) in [5, 5.41) is 0.915. The molecule has 0 aliphatic heterocycles. The van der Waals surface area contributed by atoms with Gasteiger partial charge in [0, 0.05) is 10.7 Å². The van der Waals surface area contributed by atoms with Crippen LogP contribution in [0.2, 0.25) is 10.0 Å². The first-order valence-electron chi connectivity index (χ1n) is 7.57. The molecule has 2 nitrogen and oxygen atoms in total. The number of hydrogen-bond acceptors (Lipinski definition) is 2. The standard InChI is InChI=1S/C20H14BrCl2NO/c21-16-8-6-14(7-9-16)13-25-20-18(22)10-15(11-19(20)23)12-24-17-4-2-1-3-5-17/h1-12H,13H2. The van der Waals surface area contributed by atoms with Crippen LogP contribution >= 0.6 is 39.1 Å². The minimum absolute atomic E-state index is 0.393. The summed E-state index contributed by atoms with van der Waals surface area (Å²) >= 11 is 16.1. The second-order valence-corrected chi connectivity index (χ2v) is 7.05. The molecule has 0 aromatic heterocycles. The molecule has 0 amide bonds. The van der Waals surface area contributed by atoms with Crippen molar-refractivity contribution in [1.82, 2.24) is 0 Å². The van der Waals surface area contributed by atoms with Gasteiger partial charge in [-0.3, -0.25) is 4.99 Å². The van der Waals surface area contributed by atoms with E-state index >= 15 is 0 Å². The Labute approximate surface area is 165 Å². The van der Waals surface area contributed by atoms with Gasteiger partial charge in [-0.15, -0.1) is 0 Å². The van der Waals surface area contributed by atoms with E-state index in [1.165, 1.54) is 0 Å². The summed E-state index contributed by atoms with van der Waals surface area (Å²) in [6.07, 6.45) is 1.73. The van der Waals surface area contributed by atoms with Crippen LogP contribution in [0, 0.1) is 0 Å². The number of aliphatic imine (C=N–C) groups is 1. The Kier molecular flexibility index (Phi) is 6.14. The van der Waals surface area contributed by atoms with Gasteiger partial charge in [0.25, 0.3) is 0 Å². The smallest absolute Gasteiger partial charge is 0.157 e. The fourth-order valence-corrected chi connectivity index (χ4v) is 3.07. The van der Waals surface area contributed by atoms with Crippen molar-refractivity contribution in [1.29, 1.82) is 0 Å². The van der Waals surface area contributed by atoms with Gasteiger partial charge in [0.2, 0.25) is 0 Å². The van der Waals surface area contributed by atoms with E-state index in [0.717, 1.165) is 21.3 Å². The van der Waals surface area contributed by atoms with Crippen LogP contribution in [-0.2, 0) is 6.61 Å². The quantitative estimate of drug-likeness (QED) is 0.393. The predicted molar refractivity (Wildman–Crippen MR) is 109 cm³/mol. The van der Waals surface area contributed by atoms with Crippen LogP contribution < -0.4 is 4.74 Å². The predicted octanol–water partition coefficient (Wildman–Crippen LogP) is 7.09. The summed E-state index contributed by atoms with van der Waals surface area (Å²) in [6, 6.07) is 21.1. The number of halogens is 3. The Hall–Kier alpha value is -1.81. The molecule has 0 saturated carbocycles. The lowest BCUT2D eigenvalue weighted by atomic mass is 10.2. The normalized spacial score (nSPS) is 11.0. The third-order valence-corrected chi connectivity index (χ3v) is 4.53. The van der Waals surface area contributed by atoms with Crippen molar-refractivity contribution in [2.24, 2.45) is 4.99 Å². The molecule has 0 saturated heterocycles. The zero-order valence-corrected chi connectivity index (χ0v) is 16.2. The van der Waals surface area contributed by atoms with Crippen molar-refractivity contribution < 1.29 is 4.74 Å². The maximum atomic E-state index is 6.33. The van der Waals surface area contributed by atoms with Crippen molar-refractivity contribution in [3.05, 3.63) is 92.4 Å². The molecule has 0 fully saturated rings. The number of ether oxygens (including phenoxy) is 1. The molecule has 3 aromatic carbocycles. The Balaban J connectivity index is 1.73. The third kappa shape index (κ3) is 5.08. The van der Waals surface area contributed by atoms with E-state index in [9.17, 15) is 0 Å². The minimum Gasteiger partial charge on any atom is -0.486 e. The fourth-order valence-electron chi connectivity index (χ4n) is 2.19. The summed E-state index contributed by atoms with van der Waals surface area (Å²) in [4.78, 5) is 4.40. The Bertz CT molecular complexity index is 857. The molecule has 0 heterocycles. The van der Waals surface area contributed by atoms with Crippen molar-refractivity contribution in [2.75, 3.05) is 0 Å². The number of para-hydroxylation sites is 1. The van der Waals surface area contributed by atoms with Crippen LogP contribution in [0.5, 0.6) is 5.75 Å². The van der Waals surface area contributed by atoms with E-state index in [1.807, 2.05) is 54.6 Å². The van der Waals surface area contributed by atoms with Crippen molar-refractivity contribution in [2.45, 2.75) is 6.61 Å². The zero-order valence-electron chi connectivity index (χ0n) is 13.1. The van der Waals surface area contributed by atoms with Crippen LogP contribution in [0.15, 0.2) is 76.2 Å². The summed E-state index contributed by atoms with van der Waals surface area (Å²) in [7, 11) is 0. The summed E-state index contributed by atoms with van der Waals surface area (Å²) in [6.45, 7) is 0.393. The highest BCUT2D eigenvalue weighted by Crippen LogP contribution is 2.34. The fraction of sp³-hybridized carbons (Fsp3) is 0.0500. The van der Waals surface area contributed by atoms with E-state index in [2.05, 4.69) is 20.9 Å². The molecule has 3 rings (SSSR count). The first-order chi connectivity index (χ1) is 12.1. The number of rotatable bonds is 5. The van der Waals surface area contributed by atoms with Gasteiger partial charge in [0.1, 0.15) is 6.61 Å². The maximum absolute atomic E-state index is 6.33. The number of nitrogens with zero attached hydrogens (tertiary/aromatic N) is 1. The molecule has 3 aromatic rings. The molecule has 0 N–H and O–H groups in total. The average molecular weight is 435 g/mol. The van der Waals surface area contributed by atoms with E-state index in [-0.39, 0.29) is 0 Å². The lowest BCUT2D eigenvalue weighted by Crippen LogP contribution is -1.97. The van der Waals surface area contributed by atoms with Gasteiger partial charge in [-0.05, 0) is 47.5 Å². The van der Waals surface area contributed by atoms with Gasteiger partial charge < -0.3 is 4.74 Å². The van der Waals surface area contributed by atoms with Crippen molar-refractivity contribution >= 4 is 51.0 Å². The van der Waals surface area contributed by atoms with Crippen LogP contribution in [0.3, 0.4) is 0 Å². The van der Waals surface area contributed by atoms with Crippen LogP contribution in [0.4, 0.5) is 5.69 Å². The summed E-state index contributed by atoms with van der Waals surface area (Å²) in [5.74, 6) is 0.475. The Morgan fingerprint density at radius 3 is 2.20 bits per heavy atom. The highest BCUT2D eigenvalue weighted by atomic mass is 79.9. The van der Waals surface area contributed by atoms with Crippen molar-refractivity contribution in [3.63, 3.8) is 0 Å². The van der Waals surface area contributed by atoms with Gasteiger partial charge in [0.05, 0.1) is 15.7 Å². The molecule has 0 atom stereocenters. The number of benzene rings is 3. The van der Waals surface area contributed by atoms with E-state index in [4.69, 9.17) is 27.9 Å². The second kappa shape index (κ2) is 8.52. The number of hydrogen-bond donors (Lipinski definition) is 0. The van der Waals surface area contributed by atoms with E-state index < -0.39 is 0 Å². The Morgan fingerprint density at radius 1 is 0.920 bits per heavy atom. The monoisotopic (exact) mass is 433 g/mol. The molecular weight excluding hydrogens is 421 g/mol. The van der Waals surface area contributed by atoms with Crippen molar-refractivity contribution in [3.8, 4) is 5.75 Å². The van der Waals surface area contributed by atoms with E-state index in [1.54, 1.807) is 18.3 Å². The first-order valence-corrected chi connectivity index (χ1v) is 9.12. The molecule has 126 valence electrons. The largest absolute Gasteiger partial charge is 0.486 e. The molecule has 25 heavy (non-hydrogen) atoms. The summed E-state index contributed by atoms with van der Waals surface area (Å²) < 4.78 is 6.81. The van der Waals surface area contributed by atoms with Gasteiger partial charge >= 0.3 is 0 Å². The van der Waals surface area contributed by atoms with Gasteiger partial charge in [0.15, 0.2) is 5.75 Å². The zero-order chi connectivity index (χ0) is 17.6. The SMILES string of the molecule is Clc1cc(C=Nc2ccccc2)cc(Cl)c1OCc1ccc(Br)cc1. The molecule has 0 spiro atoms. The molecule has 0 aliphatic carbocycles. The molecule has 0 bridgehead atoms. The minimum atomic E-state index is 0.393. The second-order valence-electron chi connectivity index (χ2n) is 5.32.